The monoisotopic (exact) mass is 320 g/mol. The number of unbranched alkanes of at least 4 members (excludes halogenated alkanes) is 7. The van der Waals surface area contributed by atoms with Crippen molar-refractivity contribution in [3.05, 3.63) is 34.4 Å². The van der Waals surface area contributed by atoms with Gasteiger partial charge in [0.1, 0.15) is 0 Å². The molecule has 0 N–H and O–H groups in total. The molecule has 0 saturated heterocycles. The highest BCUT2D eigenvalue weighted by Gasteiger charge is 2.15. The molecule has 0 aliphatic rings. The molecule has 0 bridgehead atoms. The van der Waals surface area contributed by atoms with Crippen LogP contribution in [0.25, 0.3) is 0 Å². The fourth-order valence-corrected chi connectivity index (χ4v) is 2.93. The van der Waals surface area contributed by atoms with Gasteiger partial charge in [0.15, 0.2) is 0 Å². The van der Waals surface area contributed by atoms with E-state index >= 15 is 0 Å². The molecule has 0 aromatic heterocycles. The van der Waals surface area contributed by atoms with E-state index in [0.29, 0.717) is 12.2 Å². The summed E-state index contributed by atoms with van der Waals surface area (Å²) in [5.74, 6) is -0.389. The van der Waals surface area contributed by atoms with Gasteiger partial charge in [-0.25, -0.2) is 4.79 Å². The quantitative estimate of drug-likeness (QED) is 0.292. The predicted molar refractivity (Wildman–Crippen MR) is 94.6 cm³/mol. The van der Waals surface area contributed by atoms with Crippen LogP contribution in [0.15, 0.2) is 12.1 Å². The average molecular weight is 320 g/mol. The molecule has 1 aromatic carbocycles. The van der Waals surface area contributed by atoms with E-state index in [1.807, 2.05) is 32.9 Å². The molecule has 3 heteroatoms. The van der Waals surface area contributed by atoms with Crippen molar-refractivity contribution >= 4 is 5.97 Å². The van der Waals surface area contributed by atoms with E-state index in [1.54, 1.807) is 0 Å². The van der Waals surface area contributed by atoms with Gasteiger partial charge in [-0.05, 0) is 38.3 Å². The molecule has 0 atom stereocenters. The van der Waals surface area contributed by atoms with Crippen LogP contribution in [0.2, 0.25) is 0 Å². The van der Waals surface area contributed by atoms with Crippen LogP contribution in [-0.4, -0.2) is 12.6 Å². The van der Waals surface area contributed by atoms with Gasteiger partial charge < -0.3 is 0 Å². The van der Waals surface area contributed by atoms with Crippen LogP contribution in [0.5, 0.6) is 0 Å². The lowest BCUT2D eigenvalue weighted by molar-refractivity contribution is -0.241. The minimum absolute atomic E-state index is 0.389. The zero-order chi connectivity index (χ0) is 17.1. The molecule has 0 spiro atoms. The summed E-state index contributed by atoms with van der Waals surface area (Å²) >= 11 is 0. The number of carbonyl (C=O) groups is 1. The molecule has 0 fully saturated rings. The Morgan fingerprint density at radius 1 is 0.870 bits per heavy atom. The molecule has 1 rings (SSSR count). The topological polar surface area (TPSA) is 35.5 Å². The molecular formula is C20H32O3. The van der Waals surface area contributed by atoms with E-state index in [0.717, 1.165) is 29.5 Å². The first kappa shape index (κ1) is 19.7. The maximum absolute atomic E-state index is 12.1. The van der Waals surface area contributed by atoms with Crippen LogP contribution in [0, 0.1) is 20.8 Å². The summed E-state index contributed by atoms with van der Waals surface area (Å²) in [6.45, 7) is 8.58. The Morgan fingerprint density at radius 2 is 1.39 bits per heavy atom. The van der Waals surface area contributed by atoms with Gasteiger partial charge in [-0.15, -0.1) is 0 Å². The molecule has 0 amide bonds. The van der Waals surface area contributed by atoms with E-state index in [9.17, 15) is 4.79 Å². The lowest BCUT2D eigenvalue weighted by atomic mass is 10.0. The first-order valence-electron chi connectivity index (χ1n) is 8.98. The minimum atomic E-state index is -0.389. The summed E-state index contributed by atoms with van der Waals surface area (Å²) in [5.41, 5.74) is 3.63. The third-order valence-electron chi connectivity index (χ3n) is 4.10. The van der Waals surface area contributed by atoms with Gasteiger partial charge in [0.2, 0.25) is 0 Å². The van der Waals surface area contributed by atoms with Gasteiger partial charge in [0.05, 0.1) is 12.2 Å². The lowest BCUT2D eigenvalue weighted by Crippen LogP contribution is -2.10. The summed E-state index contributed by atoms with van der Waals surface area (Å²) < 4.78 is 0. The fraction of sp³-hybridized carbons (Fsp3) is 0.650. The largest absolute Gasteiger partial charge is 0.373 e. The van der Waals surface area contributed by atoms with Crippen LogP contribution in [0.1, 0.15) is 85.3 Å². The van der Waals surface area contributed by atoms with Crippen LogP contribution in [-0.2, 0) is 9.78 Å². The Labute approximate surface area is 141 Å². The van der Waals surface area contributed by atoms with Crippen molar-refractivity contribution < 1.29 is 14.6 Å². The standard InChI is InChI=1S/C20H32O3/c1-5-6-7-8-9-10-11-12-13-22-23-20(21)19-17(3)14-16(2)15-18(19)4/h14-15H,5-13H2,1-4H3. The second kappa shape index (κ2) is 11.2. The molecule has 1 aromatic rings. The normalized spacial score (nSPS) is 10.8. The number of hydrogen-bond acceptors (Lipinski definition) is 3. The van der Waals surface area contributed by atoms with Crippen LogP contribution in [0.3, 0.4) is 0 Å². The van der Waals surface area contributed by atoms with E-state index in [-0.39, 0.29) is 5.97 Å². The molecule has 0 saturated carbocycles. The van der Waals surface area contributed by atoms with Gasteiger partial charge in [0, 0.05) is 0 Å². The van der Waals surface area contributed by atoms with E-state index in [4.69, 9.17) is 9.78 Å². The predicted octanol–water partition coefficient (Wildman–Crippen LogP) is 5.84. The number of hydrogen-bond donors (Lipinski definition) is 0. The SMILES string of the molecule is CCCCCCCCCCOOC(=O)c1c(C)cc(C)cc1C. The molecule has 0 unspecified atom stereocenters. The summed E-state index contributed by atoms with van der Waals surface area (Å²) in [4.78, 5) is 22.1. The third-order valence-corrected chi connectivity index (χ3v) is 4.10. The van der Waals surface area contributed by atoms with Crippen LogP contribution < -0.4 is 0 Å². The van der Waals surface area contributed by atoms with Crippen LogP contribution in [0.4, 0.5) is 0 Å². The van der Waals surface area contributed by atoms with E-state index in [2.05, 4.69) is 6.92 Å². The third kappa shape index (κ3) is 7.65. The summed E-state index contributed by atoms with van der Waals surface area (Å²) in [7, 11) is 0. The average Bonchev–Trinajstić information content (AvgIpc) is 2.48. The minimum Gasteiger partial charge on any atom is -0.293 e. The maximum atomic E-state index is 12.1. The highest BCUT2D eigenvalue weighted by Crippen LogP contribution is 2.17. The van der Waals surface area contributed by atoms with Gasteiger partial charge in [-0.3, -0.25) is 4.89 Å². The molecule has 0 heterocycles. The Kier molecular flexibility index (Phi) is 9.61. The zero-order valence-electron chi connectivity index (χ0n) is 15.2. The summed E-state index contributed by atoms with van der Waals surface area (Å²) in [6, 6.07) is 3.98. The molecule has 0 aliphatic carbocycles. The molecule has 0 aliphatic heterocycles. The van der Waals surface area contributed by atoms with Crippen molar-refractivity contribution in [3.63, 3.8) is 0 Å². The second-order valence-corrected chi connectivity index (χ2v) is 6.44. The van der Waals surface area contributed by atoms with Gasteiger partial charge in [0.25, 0.3) is 0 Å². The van der Waals surface area contributed by atoms with Gasteiger partial charge in [-0.2, -0.15) is 4.89 Å². The number of aryl methyl sites for hydroxylation is 3. The Bertz CT molecular complexity index is 457. The highest BCUT2D eigenvalue weighted by atomic mass is 17.2. The first-order valence-corrected chi connectivity index (χ1v) is 8.98. The number of carbonyl (C=O) groups excluding carboxylic acids is 1. The molecule has 0 radical (unpaired) electrons. The Morgan fingerprint density at radius 3 is 1.96 bits per heavy atom. The van der Waals surface area contributed by atoms with E-state index in [1.165, 1.54) is 38.5 Å². The highest BCUT2D eigenvalue weighted by molar-refractivity contribution is 5.92. The first-order chi connectivity index (χ1) is 11.1. The fourth-order valence-electron chi connectivity index (χ4n) is 2.93. The summed E-state index contributed by atoms with van der Waals surface area (Å²) in [6.07, 6.45) is 9.91. The van der Waals surface area contributed by atoms with Crippen molar-refractivity contribution in [2.24, 2.45) is 0 Å². The van der Waals surface area contributed by atoms with Gasteiger partial charge in [-0.1, -0.05) is 69.6 Å². The maximum Gasteiger partial charge on any atom is 0.373 e. The summed E-state index contributed by atoms with van der Waals surface area (Å²) in [5, 5.41) is 0. The number of benzene rings is 1. The van der Waals surface area contributed by atoms with Crippen molar-refractivity contribution in [2.75, 3.05) is 6.61 Å². The van der Waals surface area contributed by atoms with Crippen molar-refractivity contribution in [2.45, 2.75) is 79.1 Å². The smallest absolute Gasteiger partial charge is 0.293 e. The number of rotatable bonds is 11. The van der Waals surface area contributed by atoms with Crippen molar-refractivity contribution in [3.8, 4) is 0 Å². The molecule has 3 nitrogen and oxygen atoms in total. The van der Waals surface area contributed by atoms with Crippen molar-refractivity contribution in [1.82, 2.24) is 0 Å². The second-order valence-electron chi connectivity index (χ2n) is 6.44. The zero-order valence-corrected chi connectivity index (χ0v) is 15.2. The molecule has 130 valence electrons. The van der Waals surface area contributed by atoms with Crippen molar-refractivity contribution in [1.29, 1.82) is 0 Å². The molecular weight excluding hydrogens is 288 g/mol. The Balaban J connectivity index is 2.16. The molecule has 23 heavy (non-hydrogen) atoms. The Hall–Kier alpha value is -1.35. The van der Waals surface area contributed by atoms with Gasteiger partial charge >= 0.3 is 5.97 Å². The van der Waals surface area contributed by atoms with Crippen LogP contribution >= 0.6 is 0 Å². The lowest BCUT2D eigenvalue weighted by Gasteiger charge is -2.10. The van der Waals surface area contributed by atoms with E-state index < -0.39 is 0 Å².